The van der Waals surface area contributed by atoms with Gasteiger partial charge >= 0.3 is 0 Å². The Labute approximate surface area is 197 Å². The summed E-state index contributed by atoms with van der Waals surface area (Å²) in [6.07, 6.45) is 0.578. The van der Waals surface area contributed by atoms with E-state index in [0.29, 0.717) is 32.6 Å². The number of aromatic amines is 1. The lowest BCUT2D eigenvalue weighted by Gasteiger charge is -2.23. The number of benzene rings is 2. The van der Waals surface area contributed by atoms with Gasteiger partial charge in [-0.25, -0.2) is 0 Å². The highest BCUT2D eigenvalue weighted by Crippen LogP contribution is 2.39. The first-order chi connectivity index (χ1) is 15.4. The van der Waals surface area contributed by atoms with Crippen molar-refractivity contribution in [1.82, 2.24) is 15.6 Å². The van der Waals surface area contributed by atoms with Crippen molar-refractivity contribution in [2.75, 3.05) is 0 Å². The number of carbonyl (C=O) groups excluding carboxylic acids is 2. The van der Waals surface area contributed by atoms with E-state index >= 15 is 0 Å². The van der Waals surface area contributed by atoms with Crippen LogP contribution in [0.1, 0.15) is 38.0 Å². The summed E-state index contributed by atoms with van der Waals surface area (Å²) in [6, 6.07) is 14.9. The first kappa shape index (κ1) is 20.9. The highest BCUT2D eigenvalue weighted by atomic mass is 35.5. The van der Waals surface area contributed by atoms with E-state index in [2.05, 4.69) is 15.6 Å². The van der Waals surface area contributed by atoms with Crippen LogP contribution >= 0.6 is 34.5 Å². The molecule has 1 aliphatic rings. The van der Waals surface area contributed by atoms with Crippen molar-refractivity contribution in [1.29, 1.82) is 0 Å². The molecule has 5 rings (SSSR count). The summed E-state index contributed by atoms with van der Waals surface area (Å²) in [7, 11) is 0. The van der Waals surface area contributed by atoms with Gasteiger partial charge in [-0.15, -0.1) is 11.3 Å². The molecule has 0 aliphatic heterocycles. The fourth-order valence-electron chi connectivity index (χ4n) is 4.07. The number of carbonyl (C=O) groups is 2. The number of aromatic hydroxyl groups is 1. The number of H-pyrrole nitrogens is 1. The molecule has 0 bridgehead atoms. The van der Waals surface area contributed by atoms with Crippen LogP contribution in [-0.2, 0) is 6.42 Å². The number of rotatable bonds is 4. The number of halogens is 2. The summed E-state index contributed by atoms with van der Waals surface area (Å²) >= 11 is 13.5. The van der Waals surface area contributed by atoms with Crippen molar-refractivity contribution in [3.63, 3.8) is 0 Å². The lowest BCUT2D eigenvalue weighted by Crippen LogP contribution is -2.44. The van der Waals surface area contributed by atoms with Crippen molar-refractivity contribution < 1.29 is 14.7 Å². The SMILES string of the molecule is O=C(N[C@H]1c2ccccc2C[C@@H]1NC(=O)c1cc2sc(Cl)c(Cl)c2[nH]1)c1cccc(O)c1. The Bertz CT molecular complexity index is 1360. The van der Waals surface area contributed by atoms with Crippen molar-refractivity contribution in [3.05, 3.63) is 86.3 Å². The molecule has 9 heteroatoms. The molecule has 32 heavy (non-hydrogen) atoms. The van der Waals surface area contributed by atoms with E-state index in [9.17, 15) is 14.7 Å². The molecule has 6 nitrogen and oxygen atoms in total. The van der Waals surface area contributed by atoms with Crippen LogP contribution < -0.4 is 10.6 Å². The Kier molecular flexibility index (Phi) is 5.33. The van der Waals surface area contributed by atoms with Crippen molar-refractivity contribution in [2.24, 2.45) is 0 Å². The maximum absolute atomic E-state index is 13.0. The first-order valence-corrected chi connectivity index (χ1v) is 11.4. The molecule has 4 aromatic rings. The second-order valence-electron chi connectivity index (χ2n) is 7.60. The second kappa shape index (κ2) is 8.16. The molecule has 2 atom stereocenters. The van der Waals surface area contributed by atoms with E-state index in [1.165, 1.54) is 23.5 Å². The maximum atomic E-state index is 13.0. The van der Waals surface area contributed by atoms with E-state index in [4.69, 9.17) is 23.2 Å². The lowest BCUT2D eigenvalue weighted by atomic mass is 10.1. The number of hydrogen-bond donors (Lipinski definition) is 4. The number of phenols is 1. The van der Waals surface area contributed by atoms with Crippen LogP contribution in [0.2, 0.25) is 9.36 Å². The summed E-state index contributed by atoms with van der Waals surface area (Å²) in [5, 5.41) is 16.1. The molecule has 0 saturated heterocycles. The minimum atomic E-state index is -0.417. The Balaban J connectivity index is 1.40. The molecule has 4 N–H and O–H groups in total. The standard InChI is InChI=1S/C23H17Cl2N3O3S/c24-18-20-17(32-21(18)25)10-16(26-20)23(31)27-15-9-11-4-1-2-7-14(11)19(15)28-22(30)12-5-3-6-13(29)8-12/h1-8,10,15,19,26,29H,9H2,(H,27,31)(H,28,30)/t15-,19-/m0/s1. The number of thiophene rings is 1. The normalized spacial score (nSPS) is 17.3. The average molecular weight is 486 g/mol. The van der Waals surface area contributed by atoms with Gasteiger partial charge in [-0.1, -0.05) is 53.5 Å². The first-order valence-electron chi connectivity index (χ1n) is 9.86. The molecule has 0 radical (unpaired) electrons. The monoisotopic (exact) mass is 485 g/mol. The minimum Gasteiger partial charge on any atom is -0.508 e. The summed E-state index contributed by atoms with van der Waals surface area (Å²) in [6.45, 7) is 0. The van der Waals surface area contributed by atoms with Crippen LogP contribution in [0.5, 0.6) is 5.75 Å². The van der Waals surface area contributed by atoms with Gasteiger partial charge in [0, 0.05) is 5.56 Å². The van der Waals surface area contributed by atoms with Gasteiger partial charge in [0.15, 0.2) is 0 Å². The van der Waals surface area contributed by atoms with Crippen LogP contribution in [0.3, 0.4) is 0 Å². The molecular formula is C23H17Cl2N3O3S. The third-order valence-electron chi connectivity index (χ3n) is 5.56. The van der Waals surface area contributed by atoms with Gasteiger partial charge in [0.1, 0.15) is 15.8 Å². The number of hydrogen-bond acceptors (Lipinski definition) is 4. The van der Waals surface area contributed by atoms with Gasteiger partial charge in [0.05, 0.1) is 27.3 Å². The molecule has 0 spiro atoms. The molecular weight excluding hydrogens is 469 g/mol. The highest BCUT2D eigenvalue weighted by molar-refractivity contribution is 7.23. The van der Waals surface area contributed by atoms with Gasteiger partial charge in [-0.2, -0.15) is 0 Å². The molecule has 2 aromatic heterocycles. The number of nitrogens with one attached hydrogen (secondary N) is 3. The van der Waals surface area contributed by atoms with Gasteiger partial charge < -0.3 is 20.7 Å². The van der Waals surface area contributed by atoms with E-state index < -0.39 is 6.04 Å². The molecule has 2 aromatic carbocycles. The zero-order chi connectivity index (χ0) is 22.4. The minimum absolute atomic E-state index is 0.0137. The summed E-state index contributed by atoms with van der Waals surface area (Å²) in [5.41, 5.74) is 3.36. The fourth-order valence-corrected chi connectivity index (χ4v) is 5.55. The lowest BCUT2D eigenvalue weighted by molar-refractivity contribution is 0.0885. The molecule has 162 valence electrons. The van der Waals surface area contributed by atoms with Crippen LogP contribution in [0, 0.1) is 0 Å². The van der Waals surface area contributed by atoms with Crippen molar-refractivity contribution in [3.8, 4) is 5.75 Å². The quantitative estimate of drug-likeness (QED) is 0.325. The summed E-state index contributed by atoms with van der Waals surface area (Å²) in [5.74, 6) is -0.613. The topological polar surface area (TPSA) is 94.2 Å². The van der Waals surface area contributed by atoms with E-state index in [1.54, 1.807) is 18.2 Å². The van der Waals surface area contributed by atoms with Crippen molar-refractivity contribution >= 4 is 56.6 Å². The van der Waals surface area contributed by atoms with E-state index in [1.807, 2.05) is 24.3 Å². The largest absolute Gasteiger partial charge is 0.508 e. The Morgan fingerprint density at radius 2 is 1.84 bits per heavy atom. The Morgan fingerprint density at radius 1 is 1.03 bits per heavy atom. The predicted octanol–water partition coefficient (Wildman–Crippen LogP) is 5.07. The third kappa shape index (κ3) is 3.72. The van der Waals surface area contributed by atoms with Crippen LogP contribution in [0.15, 0.2) is 54.6 Å². The number of aromatic nitrogens is 1. The molecule has 2 amide bonds. The van der Waals surface area contributed by atoms with Crippen LogP contribution in [0.25, 0.3) is 10.2 Å². The Morgan fingerprint density at radius 3 is 2.62 bits per heavy atom. The smallest absolute Gasteiger partial charge is 0.268 e. The predicted molar refractivity (Wildman–Crippen MR) is 126 cm³/mol. The number of amides is 2. The highest BCUT2D eigenvalue weighted by Gasteiger charge is 2.35. The zero-order valence-corrected chi connectivity index (χ0v) is 18.8. The van der Waals surface area contributed by atoms with Gasteiger partial charge in [-0.3, -0.25) is 9.59 Å². The van der Waals surface area contributed by atoms with Crippen LogP contribution in [-0.4, -0.2) is 27.9 Å². The summed E-state index contributed by atoms with van der Waals surface area (Å²) in [4.78, 5) is 28.9. The molecule has 0 fully saturated rings. The maximum Gasteiger partial charge on any atom is 0.268 e. The van der Waals surface area contributed by atoms with Crippen LogP contribution in [0.4, 0.5) is 0 Å². The zero-order valence-electron chi connectivity index (χ0n) is 16.5. The number of fused-ring (bicyclic) bond motifs is 2. The number of phenolic OH excluding ortho intramolecular Hbond substituents is 1. The molecule has 2 heterocycles. The average Bonchev–Trinajstić information content (AvgIpc) is 3.42. The van der Waals surface area contributed by atoms with Gasteiger partial charge in [-0.05, 0) is 41.8 Å². The third-order valence-corrected chi connectivity index (χ3v) is 7.49. The second-order valence-corrected chi connectivity index (χ2v) is 9.63. The van der Waals surface area contributed by atoms with E-state index in [-0.39, 0.29) is 23.6 Å². The van der Waals surface area contributed by atoms with Gasteiger partial charge in [0.25, 0.3) is 11.8 Å². The van der Waals surface area contributed by atoms with Crippen molar-refractivity contribution in [2.45, 2.75) is 18.5 Å². The summed E-state index contributed by atoms with van der Waals surface area (Å²) < 4.78 is 1.27. The molecule has 1 aliphatic carbocycles. The van der Waals surface area contributed by atoms with Gasteiger partial charge in [0.2, 0.25) is 0 Å². The van der Waals surface area contributed by atoms with E-state index in [0.717, 1.165) is 15.8 Å². The molecule has 0 unspecified atom stereocenters. The molecule has 0 saturated carbocycles. The Hall–Kier alpha value is -3.00. The fraction of sp³-hybridized carbons (Fsp3) is 0.130.